The summed E-state index contributed by atoms with van der Waals surface area (Å²) in [7, 11) is -2.82. The molecule has 1 aliphatic rings. The van der Waals surface area contributed by atoms with Crippen LogP contribution in [0.1, 0.15) is 17.2 Å². The predicted molar refractivity (Wildman–Crippen MR) is 105 cm³/mol. The maximum Gasteiger partial charge on any atom is 0.335 e. The summed E-state index contributed by atoms with van der Waals surface area (Å²) in [6.45, 7) is 9.42. The molecule has 28 heavy (non-hydrogen) atoms. The van der Waals surface area contributed by atoms with Crippen LogP contribution in [0.5, 0.6) is 0 Å². The van der Waals surface area contributed by atoms with Crippen molar-refractivity contribution in [3.63, 3.8) is 0 Å². The van der Waals surface area contributed by atoms with Crippen LogP contribution in [0.25, 0.3) is 0 Å². The number of benzene rings is 2. The summed E-state index contributed by atoms with van der Waals surface area (Å²) in [6.07, 6.45) is -0.777. The topological polar surface area (TPSA) is 72.9 Å². The molecule has 0 N–H and O–H groups in total. The highest BCUT2D eigenvalue weighted by Crippen LogP contribution is 2.43. The standard InChI is InChI=1S/C21H21NO5S/c1-14-10-12-18(13-11-14)28(24,25)22-16(3)27-20(17-8-6-5-7-9-17)19(22)15(2)21(23)26-4/h5-13,19-20H,2-3H2,1,4H3/t19-,20-/m0/s1. The van der Waals surface area contributed by atoms with E-state index in [0.29, 0.717) is 5.56 Å². The maximum absolute atomic E-state index is 13.4. The first-order valence-electron chi connectivity index (χ1n) is 8.56. The molecule has 146 valence electrons. The third-order valence-corrected chi connectivity index (χ3v) is 6.38. The molecule has 0 saturated carbocycles. The molecule has 0 unspecified atom stereocenters. The second-order valence-corrected chi connectivity index (χ2v) is 8.23. The fourth-order valence-electron chi connectivity index (χ4n) is 3.12. The second-order valence-electron chi connectivity index (χ2n) is 6.42. The first-order valence-corrected chi connectivity index (χ1v) is 10.00. The number of rotatable bonds is 5. The lowest BCUT2D eigenvalue weighted by molar-refractivity contribution is -0.136. The van der Waals surface area contributed by atoms with E-state index in [-0.39, 0.29) is 16.4 Å². The van der Waals surface area contributed by atoms with Crippen molar-refractivity contribution < 1.29 is 22.7 Å². The normalized spacial score (nSPS) is 19.2. The van der Waals surface area contributed by atoms with Crippen molar-refractivity contribution in [2.75, 3.05) is 7.11 Å². The Morgan fingerprint density at radius 2 is 1.71 bits per heavy atom. The molecule has 2 atom stereocenters. The van der Waals surface area contributed by atoms with Crippen molar-refractivity contribution in [3.8, 4) is 0 Å². The zero-order valence-electron chi connectivity index (χ0n) is 15.7. The number of carbonyl (C=O) groups excluding carboxylic acids is 1. The smallest absolute Gasteiger partial charge is 0.335 e. The van der Waals surface area contributed by atoms with Gasteiger partial charge in [0.15, 0.2) is 12.0 Å². The molecule has 0 radical (unpaired) electrons. The van der Waals surface area contributed by atoms with Gasteiger partial charge in [-0.25, -0.2) is 17.5 Å². The molecular formula is C21H21NO5S. The van der Waals surface area contributed by atoms with Gasteiger partial charge < -0.3 is 9.47 Å². The van der Waals surface area contributed by atoms with Crippen LogP contribution in [0.4, 0.5) is 0 Å². The number of sulfonamides is 1. The van der Waals surface area contributed by atoms with Gasteiger partial charge in [0.25, 0.3) is 10.0 Å². The lowest BCUT2D eigenvalue weighted by Crippen LogP contribution is -2.39. The van der Waals surface area contributed by atoms with E-state index < -0.39 is 28.1 Å². The number of nitrogens with zero attached hydrogens (tertiary/aromatic N) is 1. The Hall–Kier alpha value is -3.06. The minimum atomic E-state index is -4.04. The zero-order chi connectivity index (χ0) is 20.5. The molecule has 3 rings (SSSR count). The molecule has 0 amide bonds. The molecular weight excluding hydrogens is 378 g/mol. The highest BCUT2D eigenvalue weighted by molar-refractivity contribution is 7.89. The van der Waals surface area contributed by atoms with Crippen LogP contribution in [0, 0.1) is 6.92 Å². The van der Waals surface area contributed by atoms with Gasteiger partial charge in [0, 0.05) is 0 Å². The second kappa shape index (κ2) is 7.52. The van der Waals surface area contributed by atoms with E-state index in [1.54, 1.807) is 36.4 Å². The summed E-state index contributed by atoms with van der Waals surface area (Å²) >= 11 is 0. The van der Waals surface area contributed by atoms with Crippen LogP contribution in [0.3, 0.4) is 0 Å². The number of carbonyl (C=O) groups is 1. The largest absolute Gasteiger partial charge is 0.468 e. The monoisotopic (exact) mass is 399 g/mol. The van der Waals surface area contributed by atoms with Crippen molar-refractivity contribution in [2.24, 2.45) is 0 Å². The fraction of sp³-hybridized carbons (Fsp3) is 0.190. The summed E-state index contributed by atoms with van der Waals surface area (Å²) in [5, 5.41) is 0. The molecule has 2 aromatic rings. The van der Waals surface area contributed by atoms with Gasteiger partial charge in [-0.2, -0.15) is 0 Å². The van der Waals surface area contributed by atoms with Gasteiger partial charge in [-0.15, -0.1) is 0 Å². The highest BCUT2D eigenvalue weighted by Gasteiger charge is 2.49. The van der Waals surface area contributed by atoms with Crippen LogP contribution >= 0.6 is 0 Å². The van der Waals surface area contributed by atoms with Crippen molar-refractivity contribution in [2.45, 2.75) is 24.0 Å². The molecule has 1 aliphatic heterocycles. The van der Waals surface area contributed by atoms with Crippen molar-refractivity contribution in [1.29, 1.82) is 0 Å². The molecule has 0 spiro atoms. The first kappa shape index (κ1) is 19.7. The van der Waals surface area contributed by atoms with Crippen LogP contribution in [0.2, 0.25) is 0 Å². The van der Waals surface area contributed by atoms with Gasteiger partial charge in [0.05, 0.1) is 17.6 Å². The maximum atomic E-state index is 13.4. The quantitative estimate of drug-likeness (QED) is 0.570. The molecule has 0 aromatic heterocycles. The van der Waals surface area contributed by atoms with E-state index in [4.69, 9.17) is 9.47 Å². The number of methoxy groups -OCH3 is 1. The summed E-state index contributed by atoms with van der Waals surface area (Å²) in [6, 6.07) is 14.4. The van der Waals surface area contributed by atoms with Crippen molar-refractivity contribution >= 4 is 16.0 Å². The van der Waals surface area contributed by atoms with Crippen LogP contribution in [0.15, 0.2) is 84.1 Å². The van der Waals surface area contributed by atoms with E-state index >= 15 is 0 Å². The Morgan fingerprint density at radius 1 is 1.11 bits per heavy atom. The van der Waals surface area contributed by atoms with Gasteiger partial charge in [0.1, 0.15) is 6.04 Å². The third-order valence-electron chi connectivity index (χ3n) is 4.56. The first-order chi connectivity index (χ1) is 13.3. The zero-order valence-corrected chi connectivity index (χ0v) is 16.5. The number of esters is 1. The van der Waals surface area contributed by atoms with Crippen molar-refractivity contribution in [3.05, 3.63) is 90.3 Å². The Kier molecular flexibility index (Phi) is 5.29. The fourth-order valence-corrected chi connectivity index (χ4v) is 4.67. The molecule has 6 nitrogen and oxygen atoms in total. The van der Waals surface area contributed by atoms with E-state index in [0.717, 1.165) is 9.87 Å². The minimum Gasteiger partial charge on any atom is -0.468 e. The van der Waals surface area contributed by atoms with E-state index in [1.807, 2.05) is 13.0 Å². The minimum absolute atomic E-state index is 0.0364. The Balaban J connectivity index is 2.12. The summed E-state index contributed by atoms with van der Waals surface area (Å²) in [5.74, 6) is -0.794. The lowest BCUT2D eigenvalue weighted by atomic mass is 9.97. The van der Waals surface area contributed by atoms with Gasteiger partial charge in [-0.1, -0.05) is 54.6 Å². The van der Waals surface area contributed by atoms with Gasteiger partial charge >= 0.3 is 5.97 Å². The summed E-state index contributed by atoms with van der Waals surface area (Å²) in [5.41, 5.74) is 1.58. The molecule has 1 saturated heterocycles. The number of aryl methyl sites for hydroxylation is 1. The highest BCUT2D eigenvalue weighted by atomic mass is 32.2. The molecule has 0 bridgehead atoms. The Morgan fingerprint density at radius 3 is 2.29 bits per heavy atom. The number of hydrogen-bond acceptors (Lipinski definition) is 5. The lowest BCUT2D eigenvalue weighted by Gasteiger charge is -2.26. The van der Waals surface area contributed by atoms with Gasteiger partial charge in [-0.3, -0.25) is 0 Å². The average Bonchev–Trinajstić information content (AvgIpc) is 3.05. The molecule has 0 aliphatic carbocycles. The summed E-state index contributed by atoms with van der Waals surface area (Å²) in [4.78, 5) is 12.3. The molecule has 7 heteroatoms. The van der Waals surface area contributed by atoms with Gasteiger partial charge in [-0.05, 0) is 31.2 Å². The van der Waals surface area contributed by atoms with Crippen LogP contribution in [-0.2, 0) is 24.3 Å². The van der Waals surface area contributed by atoms with E-state index in [2.05, 4.69) is 13.2 Å². The van der Waals surface area contributed by atoms with Crippen LogP contribution in [-0.4, -0.2) is 31.8 Å². The van der Waals surface area contributed by atoms with E-state index in [9.17, 15) is 13.2 Å². The van der Waals surface area contributed by atoms with Gasteiger partial charge in [0.2, 0.25) is 0 Å². The molecule has 1 heterocycles. The Labute approximate surface area is 164 Å². The van der Waals surface area contributed by atoms with E-state index in [1.165, 1.54) is 19.2 Å². The SMILES string of the molecule is C=C(C(=O)OC)[C@H]1[C@H](c2ccccc2)OC(=C)N1S(=O)(=O)c1ccc(C)cc1. The third kappa shape index (κ3) is 3.41. The molecule has 2 aromatic carbocycles. The average molecular weight is 399 g/mol. The van der Waals surface area contributed by atoms with Crippen molar-refractivity contribution in [1.82, 2.24) is 4.31 Å². The Bertz CT molecular complexity index is 1010. The summed E-state index contributed by atoms with van der Waals surface area (Å²) < 4.78 is 38.3. The number of hydrogen-bond donors (Lipinski definition) is 0. The molecule has 1 fully saturated rings. The number of ether oxygens (including phenoxy) is 2. The predicted octanol–water partition coefficient (Wildman–Crippen LogP) is 3.33. The van der Waals surface area contributed by atoms with Crippen LogP contribution < -0.4 is 0 Å².